The lowest BCUT2D eigenvalue weighted by Gasteiger charge is -2.15. The van der Waals surface area contributed by atoms with Crippen LogP contribution in [0.3, 0.4) is 0 Å². The van der Waals surface area contributed by atoms with Crippen LogP contribution in [0.4, 0.5) is 30.7 Å². The first-order valence-electron chi connectivity index (χ1n) is 6.94. The van der Waals surface area contributed by atoms with Crippen molar-refractivity contribution in [1.29, 1.82) is 0 Å². The number of pyridine rings is 1. The van der Waals surface area contributed by atoms with Gasteiger partial charge in [0.05, 0.1) is 13.3 Å². The number of ether oxygens (including phenoxy) is 3. The Bertz CT molecular complexity index is 896. The van der Waals surface area contributed by atoms with E-state index in [0.717, 1.165) is 25.3 Å². The van der Waals surface area contributed by atoms with Gasteiger partial charge in [0.15, 0.2) is 28.8 Å². The van der Waals surface area contributed by atoms with Crippen LogP contribution < -0.4 is 14.2 Å². The number of alkyl halides is 6. The molecule has 0 saturated heterocycles. The van der Waals surface area contributed by atoms with Gasteiger partial charge in [0.25, 0.3) is 0 Å². The number of halogens is 7. The van der Waals surface area contributed by atoms with Crippen molar-refractivity contribution >= 4 is 5.97 Å². The van der Waals surface area contributed by atoms with Crippen LogP contribution in [-0.4, -0.2) is 29.5 Å². The average Bonchev–Trinajstić information content (AvgIpc) is 2.53. The molecule has 0 aliphatic carbocycles. The Labute approximate surface area is 151 Å². The van der Waals surface area contributed by atoms with E-state index in [4.69, 9.17) is 14.6 Å². The number of aromatic carboxylic acids is 1. The summed E-state index contributed by atoms with van der Waals surface area (Å²) in [5.74, 6) is -6.75. The van der Waals surface area contributed by atoms with Crippen molar-refractivity contribution in [2.75, 3.05) is 7.11 Å². The van der Waals surface area contributed by atoms with E-state index in [-0.39, 0.29) is 0 Å². The first-order chi connectivity index (χ1) is 12.8. The summed E-state index contributed by atoms with van der Waals surface area (Å²) in [5, 5.41) is 9.02. The predicted molar refractivity (Wildman–Crippen MR) is 75.9 cm³/mol. The second-order valence-corrected chi connectivity index (χ2v) is 4.93. The molecule has 28 heavy (non-hydrogen) atoms. The maximum absolute atomic E-state index is 14.0. The monoisotopic (exact) mass is 415 g/mol. The molecule has 0 aliphatic rings. The van der Waals surface area contributed by atoms with Gasteiger partial charge in [0.1, 0.15) is 11.3 Å². The fraction of sp³-hybridized carbons (Fsp3) is 0.200. The smallest absolute Gasteiger partial charge is 0.493 e. The molecule has 0 amide bonds. The van der Waals surface area contributed by atoms with Crippen molar-refractivity contribution in [3.63, 3.8) is 0 Å². The Kier molecular flexibility index (Phi) is 5.57. The molecular formula is C15H8F7NO5. The number of hydrogen-bond donors (Lipinski definition) is 1. The summed E-state index contributed by atoms with van der Waals surface area (Å²) >= 11 is 0. The molecular weight excluding hydrogens is 407 g/mol. The first-order valence-corrected chi connectivity index (χ1v) is 6.94. The summed E-state index contributed by atoms with van der Waals surface area (Å²) in [7, 11) is 1.02. The molecule has 1 aromatic carbocycles. The minimum Gasteiger partial charge on any atom is -0.493 e. The number of benzene rings is 1. The van der Waals surface area contributed by atoms with Gasteiger partial charge in [0.2, 0.25) is 0 Å². The Morgan fingerprint density at radius 3 is 2.21 bits per heavy atom. The van der Waals surface area contributed by atoms with E-state index in [1.165, 1.54) is 0 Å². The largest absolute Gasteiger partial charge is 0.573 e. The highest BCUT2D eigenvalue weighted by Gasteiger charge is 2.39. The van der Waals surface area contributed by atoms with Gasteiger partial charge in [-0.1, -0.05) is 0 Å². The summed E-state index contributed by atoms with van der Waals surface area (Å²) < 4.78 is 102. The zero-order chi connectivity index (χ0) is 21.3. The second-order valence-electron chi connectivity index (χ2n) is 4.93. The molecule has 0 aliphatic heterocycles. The van der Waals surface area contributed by atoms with E-state index in [9.17, 15) is 35.5 Å². The molecule has 0 atom stereocenters. The van der Waals surface area contributed by atoms with E-state index in [1.54, 1.807) is 0 Å². The quantitative estimate of drug-likeness (QED) is 0.718. The normalized spacial score (nSPS) is 11.9. The third-order valence-electron chi connectivity index (χ3n) is 3.06. The minimum atomic E-state index is -5.26. The molecule has 0 bridgehead atoms. The zero-order valence-corrected chi connectivity index (χ0v) is 13.5. The Hall–Kier alpha value is -3.25. The summed E-state index contributed by atoms with van der Waals surface area (Å²) in [6.45, 7) is 0. The van der Waals surface area contributed by atoms with Gasteiger partial charge in [-0.25, -0.2) is 14.2 Å². The Balaban J connectivity index is 2.48. The Morgan fingerprint density at radius 2 is 1.71 bits per heavy atom. The molecule has 0 unspecified atom stereocenters. The molecule has 1 aromatic heterocycles. The van der Waals surface area contributed by atoms with Crippen molar-refractivity contribution in [3.8, 4) is 23.0 Å². The maximum Gasteiger partial charge on any atom is 0.573 e. The summed E-state index contributed by atoms with van der Waals surface area (Å²) in [5.41, 5.74) is -3.54. The highest BCUT2D eigenvalue weighted by atomic mass is 19.4. The number of rotatable bonds is 5. The first kappa shape index (κ1) is 21.1. The van der Waals surface area contributed by atoms with Crippen LogP contribution in [0, 0.1) is 5.82 Å². The molecule has 152 valence electrons. The van der Waals surface area contributed by atoms with Crippen LogP contribution in [-0.2, 0) is 6.18 Å². The molecule has 6 nitrogen and oxygen atoms in total. The zero-order valence-electron chi connectivity index (χ0n) is 13.5. The molecule has 2 rings (SSSR count). The number of carbonyl (C=O) groups is 1. The molecule has 2 aromatic rings. The van der Waals surface area contributed by atoms with Gasteiger partial charge >= 0.3 is 18.5 Å². The molecule has 1 heterocycles. The minimum absolute atomic E-state index is 0.314. The molecule has 0 radical (unpaired) electrons. The molecule has 0 saturated carbocycles. The van der Waals surface area contributed by atoms with Crippen LogP contribution in [0.2, 0.25) is 0 Å². The topological polar surface area (TPSA) is 77.9 Å². The van der Waals surface area contributed by atoms with Gasteiger partial charge in [-0.15, -0.1) is 13.2 Å². The van der Waals surface area contributed by atoms with E-state index < -0.39 is 58.6 Å². The van der Waals surface area contributed by atoms with E-state index in [0.29, 0.717) is 6.20 Å². The molecule has 0 fully saturated rings. The van der Waals surface area contributed by atoms with Gasteiger partial charge in [-0.3, -0.25) is 0 Å². The van der Waals surface area contributed by atoms with Gasteiger partial charge in [-0.2, -0.15) is 13.2 Å². The van der Waals surface area contributed by atoms with E-state index in [2.05, 4.69) is 9.72 Å². The van der Waals surface area contributed by atoms with Gasteiger partial charge in [-0.05, 0) is 12.1 Å². The van der Waals surface area contributed by atoms with Crippen LogP contribution in [0.5, 0.6) is 23.0 Å². The van der Waals surface area contributed by atoms with Gasteiger partial charge < -0.3 is 19.3 Å². The van der Waals surface area contributed by atoms with Crippen molar-refractivity contribution in [2.24, 2.45) is 0 Å². The van der Waals surface area contributed by atoms with Crippen molar-refractivity contribution in [2.45, 2.75) is 12.5 Å². The van der Waals surface area contributed by atoms with Crippen molar-refractivity contribution in [3.05, 3.63) is 41.5 Å². The lowest BCUT2D eigenvalue weighted by Crippen LogP contribution is -2.17. The summed E-state index contributed by atoms with van der Waals surface area (Å²) in [4.78, 5) is 14.0. The van der Waals surface area contributed by atoms with Gasteiger partial charge in [0, 0.05) is 6.07 Å². The third kappa shape index (κ3) is 4.72. The number of hydrogen-bond acceptors (Lipinski definition) is 5. The average molecular weight is 415 g/mol. The number of carboxylic acids is 1. The number of nitrogens with zero attached hydrogens (tertiary/aromatic N) is 1. The second kappa shape index (κ2) is 7.40. The van der Waals surface area contributed by atoms with Crippen LogP contribution in [0.1, 0.15) is 16.1 Å². The van der Waals surface area contributed by atoms with Crippen molar-refractivity contribution in [1.82, 2.24) is 4.98 Å². The lowest BCUT2D eigenvalue weighted by atomic mass is 10.2. The molecule has 0 spiro atoms. The highest BCUT2D eigenvalue weighted by Crippen LogP contribution is 2.39. The number of carboxylic acid groups (broad SMARTS) is 1. The standard InChI is InChI=1S/C15H8F7NO5/c1-26-8-4-6(28-15(20,21)22)2-3-7(8)27-9-5-23-12(14(17,18)19)11(16)10(9)13(24)25/h2-5H,1H3,(H,24,25). The SMILES string of the molecule is COc1cc(OC(F)(F)F)ccc1Oc1cnc(C(F)(F)F)c(F)c1C(=O)O. The fourth-order valence-corrected chi connectivity index (χ4v) is 1.99. The Morgan fingerprint density at radius 1 is 1.07 bits per heavy atom. The van der Waals surface area contributed by atoms with Crippen LogP contribution in [0.25, 0.3) is 0 Å². The summed E-state index contributed by atoms with van der Waals surface area (Å²) in [6.07, 6.45) is -9.96. The maximum atomic E-state index is 14.0. The van der Waals surface area contributed by atoms with Crippen molar-refractivity contribution < 1.29 is 54.8 Å². The predicted octanol–water partition coefficient (Wildman–Crippen LogP) is 4.64. The summed E-state index contributed by atoms with van der Waals surface area (Å²) in [6, 6.07) is 2.33. The molecule has 13 heteroatoms. The van der Waals surface area contributed by atoms with E-state index >= 15 is 0 Å². The fourth-order valence-electron chi connectivity index (χ4n) is 1.99. The number of methoxy groups -OCH3 is 1. The van der Waals surface area contributed by atoms with E-state index in [1.807, 2.05) is 0 Å². The van der Waals surface area contributed by atoms with Crippen LogP contribution >= 0.6 is 0 Å². The lowest BCUT2D eigenvalue weighted by molar-refractivity contribution is -0.274. The highest BCUT2D eigenvalue weighted by molar-refractivity contribution is 5.91. The van der Waals surface area contributed by atoms with Crippen LogP contribution in [0.15, 0.2) is 24.4 Å². The molecule has 1 N–H and O–H groups in total. The number of aromatic nitrogens is 1. The third-order valence-corrected chi connectivity index (χ3v) is 3.06.